The van der Waals surface area contributed by atoms with Crippen LogP contribution in [0.2, 0.25) is 0 Å². The highest BCUT2D eigenvalue weighted by Crippen LogP contribution is 2.35. The van der Waals surface area contributed by atoms with Gasteiger partial charge in [-0.15, -0.1) is 0 Å². The van der Waals surface area contributed by atoms with Crippen molar-refractivity contribution < 1.29 is 9.32 Å². The third-order valence-corrected chi connectivity index (χ3v) is 5.37. The number of nitrogens with zero attached hydrogens (tertiary/aromatic N) is 3. The lowest BCUT2D eigenvalue weighted by molar-refractivity contribution is 0.0732. The number of carbonyl (C=O) groups is 1. The van der Waals surface area contributed by atoms with Crippen LogP contribution in [0.1, 0.15) is 71.7 Å². The van der Waals surface area contributed by atoms with Crippen LogP contribution in [0.5, 0.6) is 0 Å². The minimum absolute atomic E-state index is 0.0259. The van der Waals surface area contributed by atoms with Crippen molar-refractivity contribution in [2.24, 2.45) is 0 Å². The van der Waals surface area contributed by atoms with Gasteiger partial charge in [-0.3, -0.25) is 9.78 Å². The third-order valence-electron chi connectivity index (χ3n) is 5.37. The van der Waals surface area contributed by atoms with E-state index in [9.17, 15) is 4.79 Å². The highest BCUT2D eigenvalue weighted by molar-refractivity contribution is 6.07. The number of aromatic nitrogens is 2. The number of fused-ring (bicyclic) bond motifs is 1. The maximum atomic E-state index is 13.5. The summed E-state index contributed by atoms with van der Waals surface area (Å²) in [4.78, 5) is 20.1. The van der Waals surface area contributed by atoms with E-state index in [1.54, 1.807) is 0 Å². The van der Waals surface area contributed by atoms with Crippen molar-refractivity contribution >= 4 is 16.8 Å². The quantitative estimate of drug-likeness (QED) is 0.661. The third kappa shape index (κ3) is 3.11. The number of para-hydroxylation sites is 1. The number of benzene rings is 1. The molecule has 0 N–H and O–H groups in total. The van der Waals surface area contributed by atoms with E-state index in [1.165, 1.54) is 0 Å². The van der Waals surface area contributed by atoms with E-state index < -0.39 is 0 Å². The minimum Gasteiger partial charge on any atom is -0.361 e. The van der Waals surface area contributed by atoms with Crippen molar-refractivity contribution in [1.29, 1.82) is 0 Å². The molecule has 1 atom stereocenters. The summed E-state index contributed by atoms with van der Waals surface area (Å²) in [5.74, 6) is 1.20. The van der Waals surface area contributed by atoms with Crippen molar-refractivity contribution in [1.82, 2.24) is 15.0 Å². The van der Waals surface area contributed by atoms with Crippen LogP contribution in [0.4, 0.5) is 0 Å². The van der Waals surface area contributed by atoms with Gasteiger partial charge in [0.15, 0.2) is 0 Å². The highest BCUT2D eigenvalue weighted by Gasteiger charge is 2.33. The summed E-state index contributed by atoms with van der Waals surface area (Å²) in [5, 5.41) is 5.17. The number of pyridine rings is 1. The number of amides is 1. The van der Waals surface area contributed by atoms with E-state index >= 15 is 0 Å². The van der Waals surface area contributed by atoms with Gasteiger partial charge in [-0.25, -0.2) is 0 Å². The zero-order chi connectivity index (χ0) is 19.1. The number of carbonyl (C=O) groups excluding carboxylic acids is 1. The second kappa shape index (κ2) is 6.80. The van der Waals surface area contributed by atoms with Gasteiger partial charge < -0.3 is 9.42 Å². The van der Waals surface area contributed by atoms with Crippen molar-refractivity contribution in [3.63, 3.8) is 0 Å². The van der Waals surface area contributed by atoms with E-state index in [1.807, 2.05) is 49.1 Å². The Labute approximate surface area is 159 Å². The Bertz CT molecular complexity index is 1010. The first-order valence-corrected chi connectivity index (χ1v) is 9.60. The summed E-state index contributed by atoms with van der Waals surface area (Å²) in [6.45, 7) is 8.87. The lowest BCUT2D eigenvalue weighted by Crippen LogP contribution is -2.31. The minimum atomic E-state index is -0.0259. The van der Waals surface area contributed by atoms with Crippen molar-refractivity contribution in [3.05, 3.63) is 58.6 Å². The Morgan fingerprint density at radius 3 is 2.81 bits per heavy atom. The molecule has 0 saturated carbocycles. The molecule has 0 aliphatic carbocycles. The van der Waals surface area contributed by atoms with Crippen LogP contribution in [0.15, 0.2) is 34.9 Å². The molecule has 0 bridgehead atoms. The zero-order valence-electron chi connectivity index (χ0n) is 16.3. The Balaban J connectivity index is 1.73. The molecule has 1 aromatic carbocycles. The lowest BCUT2D eigenvalue weighted by Gasteiger charge is -2.24. The summed E-state index contributed by atoms with van der Waals surface area (Å²) in [6, 6.07) is 9.88. The SMILES string of the molecule is Cc1cc(C(=O)N2CCCC2c2cc(C(C)C)on2)c2cccc(C)c2n1. The maximum absolute atomic E-state index is 13.5. The molecule has 5 heteroatoms. The van der Waals surface area contributed by atoms with Crippen molar-refractivity contribution in [2.45, 2.75) is 52.5 Å². The first-order chi connectivity index (χ1) is 13.0. The molecule has 3 aromatic rings. The molecular formula is C22H25N3O2. The molecule has 4 rings (SSSR count). The van der Waals surface area contributed by atoms with E-state index in [2.05, 4.69) is 24.0 Å². The number of likely N-dealkylation sites (tertiary alicyclic amines) is 1. The van der Waals surface area contributed by atoms with Crippen LogP contribution in [0, 0.1) is 13.8 Å². The van der Waals surface area contributed by atoms with Gasteiger partial charge in [0, 0.05) is 29.6 Å². The first kappa shape index (κ1) is 17.7. The van der Waals surface area contributed by atoms with Crippen LogP contribution >= 0.6 is 0 Å². The molecule has 1 aliphatic rings. The molecule has 1 aliphatic heterocycles. The fraction of sp³-hybridized carbons (Fsp3) is 0.409. The van der Waals surface area contributed by atoms with Crippen LogP contribution in [-0.2, 0) is 0 Å². The number of aryl methyl sites for hydroxylation is 2. The summed E-state index contributed by atoms with van der Waals surface area (Å²) >= 11 is 0. The van der Waals surface area contributed by atoms with Gasteiger partial charge in [0.2, 0.25) is 0 Å². The second-order valence-electron chi connectivity index (χ2n) is 7.75. The molecule has 0 spiro atoms. The summed E-state index contributed by atoms with van der Waals surface area (Å²) < 4.78 is 5.48. The van der Waals surface area contributed by atoms with Crippen LogP contribution in [-0.4, -0.2) is 27.5 Å². The smallest absolute Gasteiger partial charge is 0.255 e. The Hall–Kier alpha value is -2.69. The Kier molecular flexibility index (Phi) is 4.46. The largest absolute Gasteiger partial charge is 0.361 e. The molecule has 5 nitrogen and oxygen atoms in total. The van der Waals surface area contributed by atoms with Gasteiger partial charge in [-0.1, -0.05) is 37.2 Å². The van der Waals surface area contributed by atoms with Gasteiger partial charge in [0.05, 0.1) is 17.1 Å². The number of hydrogen-bond donors (Lipinski definition) is 0. The molecule has 1 saturated heterocycles. The maximum Gasteiger partial charge on any atom is 0.255 e. The van der Waals surface area contributed by atoms with Crippen LogP contribution < -0.4 is 0 Å². The molecule has 1 unspecified atom stereocenters. The van der Waals surface area contributed by atoms with Gasteiger partial charge in [-0.05, 0) is 38.3 Å². The second-order valence-corrected chi connectivity index (χ2v) is 7.75. The standard InChI is InChI=1S/C22H25N3O2/c1-13(2)20-12-18(24-27-20)19-9-6-10-25(19)22(26)17-11-15(4)23-21-14(3)7-5-8-16(17)21/h5,7-8,11-13,19H,6,9-10H2,1-4H3. The zero-order valence-corrected chi connectivity index (χ0v) is 16.3. The fourth-order valence-corrected chi connectivity index (χ4v) is 3.90. The average Bonchev–Trinajstić information content (AvgIpc) is 3.30. The van der Waals surface area contributed by atoms with Gasteiger partial charge in [0.1, 0.15) is 11.5 Å². The molecule has 0 radical (unpaired) electrons. The molecule has 3 heterocycles. The van der Waals surface area contributed by atoms with Crippen LogP contribution in [0.3, 0.4) is 0 Å². The van der Waals surface area contributed by atoms with Gasteiger partial charge >= 0.3 is 0 Å². The van der Waals surface area contributed by atoms with E-state index in [4.69, 9.17) is 4.52 Å². The predicted molar refractivity (Wildman–Crippen MR) is 105 cm³/mol. The fourth-order valence-electron chi connectivity index (χ4n) is 3.90. The molecule has 1 amide bonds. The first-order valence-electron chi connectivity index (χ1n) is 9.60. The molecule has 27 heavy (non-hydrogen) atoms. The topological polar surface area (TPSA) is 59.2 Å². The van der Waals surface area contributed by atoms with E-state index in [0.717, 1.165) is 58.6 Å². The van der Waals surface area contributed by atoms with Gasteiger partial charge in [0.25, 0.3) is 5.91 Å². The van der Waals surface area contributed by atoms with E-state index in [-0.39, 0.29) is 17.9 Å². The predicted octanol–water partition coefficient (Wildman–Crippen LogP) is 4.94. The summed E-state index contributed by atoms with van der Waals surface area (Å²) in [5.41, 5.74) is 4.43. The summed E-state index contributed by atoms with van der Waals surface area (Å²) in [6.07, 6.45) is 1.89. The average molecular weight is 363 g/mol. The Morgan fingerprint density at radius 2 is 2.07 bits per heavy atom. The molecule has 140 valence electrons. The number of hydrogen-bond acceptors (Lipinski definition) is 4. The van der Waals surface area contributed by atoms with E-state index in [0.29, 0.717) is 0 Å². The van der Waals surface area contributed by atoms with Gasteiger partial charge in [-0.2, -0.15) is 0 Å². The van der Waals surface area contributed by atoms with Crippen molar-refractivity contribution in [2.75, 3.05) is 6.54 Å². The lowest BCUT2D eigenvalue weighted by atomic mass is 10.0. The number of rotatable bonds is 3. The Morgan fingerprint density at radius 1 is 1.26 bits per heavy atom. The monoisotopic (exact) mass is 363 g/mol. The van der Waals surface area contributed by atoms with Crippen molar-refractivity contribution in [3.8, 4) is 0 Å². The molecular weight excluding hydrogens is 338 g/mol. The van der Waals surface area contributed by atoms with Crippen LogP contribution in [0.25, 0.3) is 10.9 Å². The summed E-state index contributed by atoms with van der Waals surface area (Å²) in [7, 11) is 0. The molecule has 1 fully saturated rings. The normalized spacial score (nSPS) is 17.2. The molecule has 2 aromatic heterocycles. The highest BCUT2D eigenvalue weighted by atomic mass is 16.5.